The van der Waals surface area contributed by atoms with E-state index in [2.05, 4.69) is 91.8 Å². The Bertz CT molecular complexity index is 4840. The molecule has 0 amide bonds. The highest BCUT2D eigenvalue weighted by Gasteiger charge is 2.44. The maximum absolute atomic E-state index is 16.1. The van der Waals surface area contributed by atoms with E-state index in [4.69, 9.17) is 37.9 Å². The van der Waals surface area contributed by atoms with Crippen LogP contribution in [0, 0.1) is 40.7 Å². The number of fused-ring (bicyclic) bond motifs is 3. The van der Waals surface area contributed by atoms with E-state index in [1.807, 2.05) is 36.4 Å². The zero-order chi connectivity index (χ0) is 83.8. The average Bonchev–Trinajstić information content (AvgIpc) is 1.55. The van der Waals surface area contributed by atoms with Crippen LogP contribution < -0.4 is 39.7 Å². The minimum absolute atomic E-state index is 0.0383. The van der Waals surface area contributed by atoms with Crippen molar-refractivity contribution in [3.8, 4) is 45.3 Å². The van der Waals surface area contributed by atoms with Crippen molar-refractivity contribution in [2.45, 2.75) is 121 Å². The van der Waals surface area contributed by atoms with Crippen LogP contribution in [-0.2, 0) is 43.5 Å². The standard InChI is InChI=1S/C47H50F4O6Si2.C42H43F3O8Si2/c1-11-39(52)54-23-13-25-58(7,8)33-19-15-31(16-20-33)56-29(3)35-27-37-41(45(50)43(35)48)42-38(47(37,5)6)28-36(44(49)46(42)51)30(4)57-32-17-21-34(22-18-32)59(9,10)26-14-24-55-40(53)12-2;1-7-37(46)50-23-9-25-54(3,4)31-16-11-28(12-17-31)41(48)52-35-21-15-30(27-34(35)43)33-20-22-36(40(45)39(33)44)53-42(49)29-13-18-32(19-14-29)55(5,6)26-10-24-51-38(47)8-2/h11-12,15-22,27-28H,1-4,13-14,23-26H2,5-10H3;7-8,11-22,27H,1-2,9-10,23-26H2,3-6H3. The summed E-state index contributed by atoms with van der Waals surface area (Å²) in [5, 5.41) is 4.36. The van der Waals surface area contributed by atoms with Crippen LogP contribution in [0.1, 0.15) is 82.5 Å². The Kier molecular flexibility index (Phi) is 29.7. The van der Waals surface area contributed by atoms with E-state index in [-0.39, 0.29) is 80.4 Å². The van der Waals surface area contributed by atoms with Gasteiger partial charge in [-0.3, -0.25) is 0 Å². The molecular weight excluding hydrogens is 1540 g/mol. The van der Waals surface area contributed by atoms with Gasteiger partial charge in [0.2, 0.25) is 5.82 Å². The summed E-state index contributed by atoms with van der Waals surface area (Å²) >= 11 is 0. The lowest BCUT2D eigenvalue weighted by molar-refractivity contribution is -0.138. The Hall–Kier alpha value is -11.0. The summed E-state index contributed by atoms with van der Waals surface area (Å²) < 4.78 is 152. The predicted octanol–water partition coefficient (Wildman–Crippen LogP) is 19.0. The van der Waals surface area contributed by atoms with Crippen LogP contribution >= 0.6 is 0 Å². The zero-order valence-electron chi connectivity index (χ0n) is 65.7. The fourth-order valence-electron chi connectivity index (χ4n) is 13.2. The van der Waals surface area contributed by atoms with Gasteiger partial charge >= 0.3 is 35.8 Å². The molecule has 0 atom stereocenters. The first-order valence-electron chi connectivity index (χ1n) is 36.9. The summed E-state index contributed by atoms with van der Waals surface area (Å²) in [5.74, 6) is -13.3. The molecule has 1 aliphatic rings. The second-order valence-corrected chi connectivity index (χ2v) is 49.8. The lowest BCUT2D eigenvalue weighted by atomic mass is 9.81. The van der Waals surface area contributed by atoms with Crippen molar-refractivity contribution in [3.63, 3.8) is 0 Å². The Balaban J connectivity index is 0.000000286. The van der Waals surface area contributed by atoms with Crippen LogP contribution in [-0.4, -0.2) is 94.5 Å². The molecule has 0 saturated carbocycles. The first kappa shape index (κ1) is 88.6. The van der Waals surface area contributed by atoms with Gasteiger partial charge < -0.3 is 37.9 Å². The van der Waals surface area contributed by atoms with Gasteiger partial charge in [-0.15, -0.1) is 0 Å². The largest absolute Gasteiger partial charge is 0.463 e. The molecular formula is C89H93F7O14Si4. The average molecular weight is 1630 g/mol. The summed E-state index contributed by atoms with van der Waals surface area (Å²) in [7, 11) is -7.67. The van der Waals surface area contributed by atoms with Gasteiger partial charge in [0, 0.05) is 46.4 Å². The van der Waals surface area contributed by atoms with Gasteiger partial charge in [-0.05, 0) is 127 Å². The number of hydrogen-bond acceptors (Lipinski definition) is 14. The second-order valence-electron chi connectivity index (χ2n) is 30.4. The number of esters is 6. The Morgan fingerprint density at radius 2 is 0.675 bits per heavy atom. The molecule has 0 saturated heterocycles. The monoisotopic (exact) mass is 1630 g/mol. The molecule has 0 bridgehead atoms. The van der Waals surface area contributed by atoms with Gasteiger partial charge in [-0.2, -0.15) is 4.39 Å². The number of carbonyl (C=O) groups is 6. The second kappa shape index (κ2) is 38.2. The van der Waals surface area contributed by atoms with Gasteiger partial charge in [0.05, 0.1) is 81.0 Å². The van der Waals surface area contributed by atoms with Gasteiger partial charge in [-0.1, -0.05) is 205 Å². The third-order valence-electron chi connectivity index (χ3n) is 20.3. The molecule has 0 radical (unpaired) electrons. The van der Waals surface area contributed by atoms with E-state index in [1.165, 1.54) is 18.2 Å². The van der Waals surface area contributed by atoms with Crippen molar-refractivity contribution in [2.75, 3.05) is 26.4 Å². The predicted molar refractivity (Wildman–Crippen MR) is 441 cm³/mol. The minimum atomic E-state index is -1.94. The SMILES string of the molecule is C=CC(=O)OCCC[Si](C)(C)c1ccc(C(=O)Oc2ccc(-c3ccc(OC(=O)c4ccc([Si](C)(C)CCCOC(=O)C=C)cc4)c(F)c3F)cc2F)cc1.C=CC(=O)OCCC[Si](C)(C)c1ccc(OC(=C)c2cc3c(c(F)c2F)-c2c(cc(C(=C)Oc4ccc([Si](C)(C)CCCOC(=O)C=C)cc4)c(F)c2F)C3(C)C)cc1. The quantitative estimate of drug-likeness (QED) is 0.00536. The van der Waals surface area contributed by atoms with E-state index < -0.39 is 126 Å². The van der Waals surface area contributed by atoms with Crippen molar-refractivity contribution in [2.24, 2.45) is 0 Å². The zero-order valence-corrected chi connectivity index (χ0v) is 69.7. The fraction of sp³-hybridized carbons (Fsp3) is 0.258. The summed E-state index contributed by atoms with van der Waals surface area (Å²) in [6, 6.07) is 39.9. The molecule has 114 heavy (non-hydrogen) atoms. The third kappa shape index (κ3) is 21.8. The highest BCUT2D eigenvalue weighted by Crippen LogP contribution is 2.53. The topological polar surface area (TPSA) is 176 Å². The van der Waals surface area contributed by atoms with Crippen molar-refractivity contribution in [1.29, 1.82) is 0 Å². The molecule has 0 spiro atoms. The normalized spacial score (nSPS) is 12.1. The van der Waals surface area contributed by atoms with E-state index in [0.29, 0.717) is 50.4 Å². The number of benzene rings is 8. The molecule has 0 N–H and O–H groups in total. The smallest absolute Gasteiger partial charge is 0.343 e. The number of rotatable bonds is 35. The number of hydrogen-bond donors (Lipinski definition) is 0. The highest BCUT2D eigenvalue weighted by molar-refractivity contribution is 6.91. The Morgan fingerprint density at radius 3 is 0.991 bits per heavy atom. The molecule has 8 aromatic carbocycles. The Morgan fingerprint density at radius 1 is 0.368 bits per heavy atom. The lowest BCUT2D eigenvalue weighted by Crippen LogP contribution is -2.41. The lowest BCUT2D eigenvalue weighted by Gasteiger charge is -2.24. The van der Waals surface area contributed by atoms with Crippen LogP contribution in [0.25, 0.3) is 33.8 Å². The van der Waals surface area contributed by atoms with Gasteiger partial charge in [0.1, 0.15) is 23.0 Å². The van der Waals surface area contributed by atoms with Crippen molar-refractivity contribution < 1.29 is 97.4 Å². The maximum atomic E-state index is 16.1. The molecule has 25 heteroatoms. The van der Waals surface area contributed by atoms with E-state index in [1.54, 1.807) is 74.5 Å². The van der Waals surface area contributed by atoms with Gasteiger partial charge in [-0.25, -0.2) is 55.1 Å². The number of ether oxygens (including phenoxy) is 8. The molecule has 9 rings (SSSR count). The van der Waals surface area contributed by atoms with Crippen LogP contribution in [0.5, 0.6) is 23.0 Å². The summed E-state index contributed by atoms with van der Waals surface area (Å²) in [6.45, 7) is 43.3. The number of halogens is 7. The fourth-order valence-corrected chi connectivity index (χ4v) is 22.7. The van der Waals surface area contributed by atoms with Crippen LogP contribution in [0.4, 0.5) is 30.7 Å². The van der Waals surface area contributed by atoms with Gasteiger partial charge in [0.15, 0.2) is 46.4 Å². The first-order valence-corrected chi connectivity index (χ1v) is 49.7. The molecule has 14 nitrogen and oxygen atoms in total. The summed E-state index contributed by atoms with van der Waals surface area (Å²) in [4.78, 5) is 70.9. The summed E-state index contributed by atoms with van der Waals surface area (Å²) in [6.07, 6.45) is 7.25. The number of carbonyl (C=O) groups excluding carboxylic acids is 6. The van der Waals surface area contributed by atoms with E-state index >= 15 is 30.7 Å². The van der Waals surface area contributed by atoms with E-state index in [0.717, 1.165) is 93.5 Å². The molecule has 0 heterocycles. The summed E-state index contributed by atoms with van der Waals surface area (Å²) in [5.41, 5.74) is -1.91. The molecule has 8 aromatic rings. The molecule has 0 aromatic heterocycles. The van der Waals surface area contributed by atoms with Crippen molar-refractivity contribution >= 4 is 100 Å². The van der Waals surface area contributed by atoms with E-state index in [9.17, 15) is 28.8 Å². The Labute approximate surface area is 664 Å². The highest BCUT2D eigenvalue weighted by atomic mass is 28.3. The minimum Gasteiger partial charge on any atom is -0.463 e. The van der Waals surface area contributed by atoms with Crippen LogP contribution in [0.15, 0.2) is 203 Å². The van der Waals surface area contributed by atoms with Crippen molar-refractivity contribution in [1.82, 2.24) is 0 Å². The molecule has 0 aliphatic heterocycles. The molecule has 0 fully saturated rings. The van der Waals surface area contributed by atoms with Crippen molar-refractivity contribution in [3.05, 3.63) is 277 Å². The molecule has 1 aliphatic carbocycles. The third-order valence-corrected chi connectivity index (χ3v) is 34.3. The van der Waals surface area contributed by atoms with Crippen LogP contribution in [0.3, 0.4) is 0 Å². The molecule has 598 valence electrons. The van der Waals surface area contributed by atoms with Gasteiger partial charge in [0.25, 0.3) is 0 Å². The molecule has 0 unspecified atom stereocenters. The van der Waals surface area contributed by atoms with Crippen LogP contribution in [0.2, 0.25) is 76.6 Å². The first-order chi connectivity index (χ1) is 53.8. The maximum Gasteiger partial charge on any atom is 0.343 e.